The van der Waals surface area contributed by atoms with E-state index in [1.54, 1.807) is 18.2 Å². The largest absolute Gasteiger partial charge is 0.324 e. The number of likely N-dealkylation sites (tertiary alicyclic amines) is 1. The fraction of sp³-hybridized carbons (Fsp3) is 0.217. The lowest BCUT2D eigenvalue weighted by atomic mass is 10.1. The minimum atomic E-state index is -3.85. The molecule has 0 bridgehead atoms. The second-order valence-corrected chi connectivity index (χ2v) is 11.3. The summed E-state index contributed by atoms with van der Waals surface area (Å²) in [6.07, 6.45) is 2.10. The molecule has 1 unspecified atom stereocenters. The molecular formula is C23H22ClN5O3S2. The summed E-state index contributed by atoms with van der Waals surface area (Å²) in [4.78, 5) is 15.6. The van der Waals surface area contributed by atoms with E-state index < -0.39 is 16.1 Å². The van der Waals surface area contributed by atoms with Gasteiger partial charge < -0.3 is 5.32 Å². The van der Waals surface area contributed by atoms with Gasteiger partial charge in [0, 0.05) is 22.2 Å². The molecule has 1 saturated heterocycles. The lowest BCUT2D eigenvalue weighted by molar-refractivity contribution is -0.121. The van der Waals surface area contributed by atoms with Crippen molar-refractivity contribution in [2.75, 3.05) is 18.4 Å². The van der Waals surface area contributed by atoms with Gasteiger partial charge in [0.25, 0.3) is 0 Å². The maximum Gasteiger partial charge on any atom is 0.246 e. The number of nitrogens with one attached hydrogen (secondary N) is 2. The Morgan fingerprint density at radius 2 is 1.97 bits per heavy atom. The minimum Gasteiger partial charge on any atom is -0.324 e. The van der Waals surface area contributed by atoms with Gasteiger partial charge in [-0.05, 0) is 67.7 Å². The summed E-state index contributed by atoms with van der Waals surface area (Å²) < 4.78 is 24.2. The first kappa shape index (κ1) is 23.0. The number of aromatic amines is 1. The van der Waals surface area contributed by atoms with Crippen molar-refractivity contribution in [3.63, 3.8) is 0 Å². The molecule has 11 heteroatoms. The van der Waals surface area contributed by atoms with E-state index in [4.69, 9.17) is 16.7 Å². The maximum absolute atomic E-state index is 13.4. The molecule has 34 heavy (non-hydrogen) atoms. The summed E-state index contributed by atoms with van der Waals surface area (Å²) in [5.74, 6) is -0.150. The van der Waals surface area contributed by atoms with Crippen molar-refractivity contribution in [3.8, 4) is 11.3 Å². The summed E-state index contributed by atoms with van der Waals surface area (Å²) in [6.45, 7) is 1.69. The molecule has 0 aliphatic carbocycles. The van der Waals surface area contributed by atoms with E-state index in [1.807, 2.05) is 23.6 Å². The molecule has 4 N–H and O–H groups in total. The second kappa shape index (κ2) is 9.12. The third-order valence-corrected chi connectivity index (χ3v) is 8.07. The van der Waals surface area contributed by atoms with Crippen molar-refractivity contribution in [2.24, 2.45) is 5.14 Å². The topological polar surface area (TPSA) is 121 Å². The van der Waals surface area contributed by atoms with E-state index in [0.717, 1.165) is 42.4 Å². The number of thiophene rings is 1. The molecule has 0 spiro atoms. The zero-order chi connectivity index (χ0) is 23.9. The van der Waals surface area contributed by atoms with Crippen LogP contribution in [-0.2, 0) is 14.8 Å². The molecule has 3 heterocycles. The molecule has 2 aromatic heterocycles. The fourth-order valence-corrected chi connectivity index (χ4v) is 5.88. The maximum atomic E-state index is 13.4. The summed E-state index contributed by atoms with van der Waals surface area (Å²) in [5.41, 5.74) is 3.34. The molecule has 1 amide bonds. The van der Waals surface area contributed by atoms with E-state index >= 15 is 0 Å². The van der Waals surface area contributed by atoms with Crippen LogP contribution in [-0.4, -0.2) is 42.5 Å². The van der Waals surface area contributed by atoms with Gasteiger partial charge in [0.1, 0.15) is 11.7 Å². The zero-order valence-electron chi connectivity index (χ0n) is 18.0. The Bertz CT molecular complexity index is 1470. The van der Waals surface area contributed by atoms with Crippen LogP contribution in [0.4, 0.5) is 5.69 Å². The highest BCUT2D eigenvalue weighted by molar-refractivity contribution is 7.89. The van der Waals surface area contributed by atoms with Gasteiger partial charge in [-0.2, -0.15) is 5.10 Å². The van der Waals surface area contributed by atoms with Crippen LogP contribution in [0.3, 0.4) is 0 Å². The van der Waals surface area contributed by atoms with E-state index in [2.05, 4.69) is 20.4 Å². The first-order valence-electron chi connectivity index (χ1n) is 10.7. The van der Waals surface area contributed by atoms with Crippen LogP contribution < -0.4 is 10.5 Å². The number of primary sulfonamides is 1. The number of amides is 1. The van der Waals surface area contributed by atoms with Crippen LogP contribution in [0.1, 0.15) is 24.4 Å². The third-order valence-electron chi connectivity index (χ3n) is 5.96. The van der Waals surface area contributed by atoms with Gasteiger partial charge in [0.05, 0.1) is 14.7 Å². The Kier molecular flexibility index (Phi) is 6.17. The van der Waals surface area contributed by atoms with Gasteiger partial charge in [-0.15, -0.1) is 11.3 Å². The predicted molar refractivity (Wildman–Crippen MR) is 134 cm³/mol. The standard InChI is InChI=1S/C23H22ClN5O3S2/c24-22-17(8-11-33-22)21(29-9-1-2-10-29)23(30)26-15-6-7-19-18(13-15)20(28-27-19)14-4-3-5-16(12-14)34(25,31)32/h3-8,11-13,21H,1-2,9-10H2,(H,26,30)(H,27,28)(H2,25,31,32). The van der Waals surface area contributed by atoms with Crippen LogP contribution in [0.5, 0.6) is 0 Å². The number of halogens is 1. The molecule has 2 aromatic carbocycles. The van der Waals surface area contributed by atoms with Gasteiger partial charge in [0.15, 0.2) is 0 Å². The summed E-state index contributed by atoms with van der Waals surface area (Å²) in [7, 11) is -3.85. The van der Waals surface area contributed by atoms with Crippen molar-refractivity contribution in [1.82, 2.24) is 15.1 Å². The fourth-order valence-electron chi connectivity index (χ4n) is 4.35. The molecule has 5 rings (SSSR count). The highest BCUT2D eigenvalue weighted by Crippen LogP contribution is 2.35. The number of carbonyl (C=O) groups excluding carboxylic acids is 1. The van der Waals surface area contributed by atoms with E-state index in [-0.39, 0.29) is 10.8 Å². The highest BCUT2D eigenvalue weighted by Gasteiger charge is 2.32. The van der Waals surface area contributed by atoms with Crippen LogP contribution in [0.2, 0.25) is 4.34 Å². The quantitative estimate of drug-likeness (QED) is 0.352. The summed E-state index contributed by atoms with van der Waals surface area (Å²) >= 11 is 7.82. The Hall–Kier alpha value is -2.76. The number of carbonyl (C=O) groups is 1. The Morgan fingerprint density at radius 1 is 1.18 bits per heavy atom. The monoisotopic (exact) mass is 515 g/mol. The molecule has 4 aromatic rings. The van der Waals surface area contributed by atoms with Gasteiger partial charge in [0.2, 0.25) is 15.9 Å². The number of nitrogens with zero attached hydrogens (tertiary/aromatic N) is 2. The molecule has 0 radical (unpaired) electrons. The lowest BCUT2D eigenvalue weighted by Gasteiger charge is -2.26. The number of nitrogens with two attached hydrogens (primary N) is 1. The minimum absolute atomic E-state index is 0.00621. The molecule has 0 saturated carbocycles. The zero-order valence-corrected chi connectivity index (χ0v) is 20.4. The smallest absolute Gasteiger partial charge is 0.246 e. The molecule has 176 valence electrons. The van der Waals surface area contributed by atoms with Crippen LogP contribution in [0.25, 0.3) is 22.2 Å². The SMILES string of the molecule is NS(=O)(=O)c1cccc(-c2n[nH]c3ccc(NC(=O)C(c4ccsc4Cl)N4CCCC4)cc23)c1. The predicted octanol–water partition coefficient (Wildman–Crippen LogP) is 4.37. The first-order valence-corrected chi connectivity index (χ1v) is 13.5. The van der Waals surface area contributed by atoms with Crippen LogP contribution in [0, 0.1) is 0 Å². The number of fused-ring (bicyclic) bond motifs is 1. The number of hydrogen-bond donors (Lipinski definition) is 3. The molecule has 1 atom stereocenters. The van der Waals surface area contributed by atoms with Crippen molar-refractivity contribution in [3.05, 3.63) is 63.8 Å². The number of H-pyrrole nitrogens is 1. The average Bonchev–Trinajstić information content (AvgIpc) is 3.56. The Labute approximate surface area is 205 Å². The molecule has 8 nitrogen and oxygen atoms in total. The van der Waals surface area contributed by atoms with E-state index in [1.165, 1.54) is 23.5 Å². The number of anilines is 1. The summed E-state index contributed by atoms with van der Waals surface area (Å²) in [6, 6.07) is 13.2. The Balaban J connectivity index is 1.48. The number of sulfonamides is 1. The van der Waals surface area contributed by atoms with Crippen molar-refractivity contribution < 1.29 is 13.2 Å². The molecule has 1 fully saturated rings. The third kappa shape index (κ3) is 4.47. The van der Waals surface area contributed by atoms with E-state index in [0.29, 0.717) is 21.3 Å². The number of hydrogen-bond acceptors (Lipinski definition) is 6. The van der Waals surface area contributed by atoms with Gasteiger partial charge >= 0.3 is 0 Å². The number of benzene rings is 2. The molecule has 1 aliphatic rings. The molecular weight excluding hydrogens is 494 g/mol. The summed E-state index contributed by atoms with van der Waals surface area (Å²) in [5, 5.41) is 18.3. The molecule has 1 aliphatic heterocycles. The normalized spacial score (nSPS) is 15.6. The average molecular weight is 516 g/mol. The van der Waals surface area contributed by atoms with E-state index in [9.17, 15) is 13.2 Å². The Morgan fingerprint density at radius 3 is 2.68 bits per heavy atom. The van der Waals surface area contributed by atoms with Crippen molar-refractivity contribution in [1.29, 1.82) is 0 Å². The van der Waals surface area contributed by atoms with Gasteiger partial charge in [-0.3, -0.25) is 14.8 Å². The second-order valence-electron chi connectivity index (χ2n) is 8.19. The number of aromatic nitrogens is 2. The van der Waals surface area contributed by atoms with Crippen LogP contribution in [0.15, 0.2) is 58.8 Å². The van der Waals surface area contributed by atoms with Crippen molar-refractivity contribution in [2.45, 2.75) is 23.8 Å². The van der Waals surface area contributed by atoms with Gasteiger partial charge in [-0.25, -0.2) is 13.6 Å². The highest BCUT2D eigenvalue weighted by atomic mass is 35.5. The number of rotatable bonds is 6. The van der Waals surface area contributed by atoms with Gasteiger partial charge in [-0.1, -0.05) is 23.7 Å². The first-order chi connectivity index (χ1) is 16.3. The lowest BCUT2D eigenvalue weighted by Crippen LogP contribution is -2.35. The van der Waals surface area contributed by atoms with Crippen LogP contribution >= 0.6 is 22.9 Å². The van der Waals surface area contributed by atoms with Crippen molar-refractivity contribution >= 4 is 55.5 Å².